The van der Waals surface area contributed by atoms with Crippen LogP contribution in [0.4, 0.5) is 0 Å². The highest BCUT2D eigenvalue weighted by Gasteiger charge is 2.45. The maximum absolute atomic E-state index is 11.1. The lowest BCUT2D eigenvalue weighted by Gasteiger charge is -2.23. The van der Waals surface area contributed by atoms with Gasteiger partial charge in [0.25, 0.3) is 0 Å². The van der Waals surface area contributed by atoms with Gasteiger partial charge >= 0.3 is 5.97 Å². The summed E-state index contributed by atoms with van der Waals surface area (Å²) in [4.78, 5) is 15.5. The Morgan fingerprint density at radius 1 is 1.40 bits per heavy atom. The molecule has 0 amide bonds. The molecule has 1 N–H and O–H groups in total. The molecule has 1 saturated carbocycles. The minimum atomic E-state index is -0.974. The first kappa shape index (κ1) is 14.7. The third-order valence-corrected chi connectivity index (χ3v) is 6.47. The average molecular weight is 349 g/mol. The Kier molecular flexibility index (Phi) is 2.89. The molecule has 1 aliphatic carbocycles. The zero-order valence-corrected chi connectivity index (χ0v) is 14.4. The van der Waals surface area contributed by atoms with Gasteiger partial charge < -0.3 is 9.67 Å². The van der Waals surface area contributed by atoms with Crippen LogP contribution in [0, 0.1) is 17.2 Å². The zero-order chi connectivity index (χ0) is 17.3. The summed E-state index contributed by atoms with van der Waals surface area (Å²) in [5.41, 5.74) is 3.80. The fraction of sp³-hybridized carbons (Fsp3) is 0.316. The number of aromatic carboxylic acids is 1. The maximum atomic E-state index is 11.1. The molecule has 25 heavy (non-hydrogen) atoms. The first-order valence-electron chi connectivity index (χ1n) is 8.35. The Labute approximate surface area is 148 Å². The van der Waals surface area contributed by atoms with Crippen molar-refractivity contribution in [2.45, 2.75) is 31.7 Å². The van der Waals surface area contributed by atoms with Gasteiger partial charge in [-0.1, -0.05) is 0 Å². The molecular weight excluding hydrogens is 334 g/mol. The van der Waals surface area contributed by atoms with Crippen molar-refractivity contribution < 1.29 is 9.90 Å². The Morgan fingerprint density at radius 3 is 2.96 bits per heavy atom. The Hall–Kier alpha value is -2.65. The van der Waals surface area contributed by atoms with Crippen LogP contribution in [-0.2, 0) is 0 Å². The van der Waals surface area contributed by atoms with Crippen molar-refractivity contribution in [3.8, 4) is 16.6 Å². The summed E-state index contributed by atoms with van der Waals surface area (Å²) < 4.78 is 2.34. The fourth-order valence-electron chi connectivity index (χ4n) is 4.28. The number of thiazole rings is 1. The number of nitrogens with zero attached hydrogens (tertiary/aromatic N) is 3. The second-order valence-corrected chi connectivity index (χ2v) is 8.07. The highest BCUT2D eigenvalue weighted by molar-refractivity contribution is 7.16. The molecule has 0 spiro atoms. The number of nitriles is 1. The standard InChI is InChI=1S/C19H15N3O2S/c1-9-2-10-5-14(10)15-6-11-3-12(4-13(7-20)17(11)22(9)15)18-21-8-16(25-18)19(23)24/h3-4,6,8-10,14H,2,5H2,1H3,(H,23,24)/t9-,10?,14?/m1/s1. The molecule has 1 aliphatic heterocycles. The van der Waals surface area contributed by atoms with Crippen LogP contribution in [-0.4, -0.2) is 20.6 Å². The molecule has 1 aromatic carbocycles. The molecule has 1 fully saturated rings. The highest BCUT2D eigenvalue weighted by atomic mass is 32.1. The molecule has 2 aliphatic rings. The largest absolute Gasteiger partial charge is 0.477 e. The molecule has 3 aromatic rings. The van der Waals surface area contributed by atoms with E-state index in [1.54, 1.807) is 0 Å². The molecule has 0 radical (unpaired) electrons. The lowest BCUT2D eigenvalue weighted by atomic mass is 10.0. The molecule has 124 valence electrons. The van der Waals surface area contributed by atoms with Crippen molar-refractivity contribution in [2.75, 3.05) is 0 Å². The molecule has 0 saturated heterocycles. The summed E-state index contributed by atoms with van der Waals surface area (Å²) >= 11 is 1.14. The molecule has 6 heteroatoms. The number of fused-ring (bicyclic) bond motifs is 5. The smallest absolute Gasteiger partial charge is 0.347 e. The Bertz CT molecular complexity index is 1090. The summed E-state index contributed by atoms with van der Waals surface area (Å²) in [5.74, 6) is 0.462. The Morgan fingerprint density at radius 2 is 2.24 bits per heavy atom. The SMILES string of the molecule is C[C@@H]1CC2CC2c2cc3cc(-c4ncc(C(=O)O)s4)cc(C#N)c3n21. The second kappa shape index (κ2) is 4.93. The van der Waals surface area contributed by atoms with Gasteiger partial charge in [0, 0.05) is 28.6 Å². The number of aromatic nitrogens is 2. The fourth-order valence-corrected chi connectivity index (χ4v) is 5.03. The highest BCUT2D eigenvalue weighted by Crippen LogP contribution is 2.57. The van der Waals surface area contributed by atoms with Crippen LogP contribution in [0.25, 0.3) is 21.5 Å². The Balaban J connectivity index is 1.73. The summed E-state index contributed by atoms with van der Waals surface area (Å²) in [6.45, 7) is 2.23. The molecule has 5 nitrogen and oxygen atoms in total. The van der Waals surface area contributed by atoms with Crippen LogP contribution >= 0.6 is 11.3 Å². The van der Waals surface area contributed by atoms with Crippen LogP contribution < -0.4 is 0 Å². The zero-order valence-electron chi connectivity index (χ0n) is 13.6. The number of carboxylic acids is 1. The lowest BCUT2D eigenvalue weighted by Crippen LogP contribution is -2.14. The molecule has 2 aromatic heterocycles. The second-order valence-electron chi connectivity index (χ2n) is 7.03. The van der Waals surface area contributed by atoms with E-state index in [9.17, 15) is 10.1 Å². The lowest BCUT2D eigenvalue weighted by molar-refractivity contribution is 0.0702. The number of benzene rings is 1. The summed E-state index contributed by atoms with van der Waals surface area (Å²) in [6, 6.07) is 8.84. The van der Waals surface area contributed by atoms with Gasteiger partial charge in [-0.3, -0.25) is 0 Å². The molecule has 0 bridgehead atoms. The van der Waals surface area contributed by atoms with Gasteiger partial charge in [0.2, 0.25) is 0 Å². The summed E-state index contributed by atoms with van der Waals surface area (Å²) in [6.07, 6.45) is 3.81. The average Bonchev–Trinajstić information content (AvgIpc) is 3.05. The van der Waals surface area contributed by atoms with E-state index in [0.29, 0.717) is 22.5 Å². The van der Waals surface area contributed by atoms with Crippen LogP contribution in [0.2, 0.25) is 0 Å². The third-order valence-electron chi connectivity index (χ3n) is 5.43. The number of rotatable bonds is 2. The predicted octanol–water partition coefficient (Wildman–Crippen LogP) is 4.40. The van der Waals surface area contributed by atoms with E-state index in [1.165, 1.54) is 24.7 Å². The molecule has 3 atom stereocenters. The van der Waals surface area contributed by atoms with E-state index in [1.807, 2.05) is 12.1 Å². The monoisotopic (exact) mass is 349 g/mol. The van der Waals surface area contributed by atoms with Gasteiger partial charge in [0.1, 0.15) is 16.0 Å². The number of carboxylic acid groups (broad SMARTS) is 1. The van der Waals surface area contributed by atoms with E-state index < -0.39 is 5.97 Å². The summed E-state index contributed by atoms with van der Waals surface area (Å²) in [7, 11) is 0. The predicted molar refractivity (Wildman–Crippen MR) is 94.9 cm³/mol. The minimum Gasteiger partial charge on any atom is -0.477 e. The van der Waals surface area contributed by atoms with Crippen LogP contribution in [0.3, 0.4) is 0 Å². The number of carbonyl (C=O) groups is 1. The van der Waals surface area contributed by atoms with Crippen LogP contribution in [0.1, 0.15) is 52.7 Å². The first-order valence-corrected chi connectivity index (χ1v) is 9.17. The summed E-state index contributed by atoms with van der Waals surface area (Å²) in [5, 5.41) is 20.5. The first-order chi connectivity index (χ1) is 12.1. The molecular formula is C19H15N3O2S. The molecule has 3 heterocycles. The maximum Gasteiger partial charge on any atom is 0.347 e. The van der Waals surface area contributed by atoms with Crippen molar-refractivity contribution in [1.29, 1.82) is 5.26 Å². The van der Waals surface area contributed by atoms with Gasteiger partial charge in [-0.2, -0.15) is 5.26 Å². The van der Waals surface area contributed by atoms with Gasteiger partial charge in [0.15, 0.2) is 0 Å². The van der Waals surface area contributed by atoms with Crippen molar-refractivity contribution in [3.63, 3.8) is 0 Å². The van der Waals surface area contributed by atoms with Crippen molar-refractivity contribution in [2.24, 2.45) is 5.92 Å². The van der Waals surface area contributed by atoms with Gasteiger partial charge in [-0.05, 0) is 43.9 Å². The van der Waals surface area contributed by atoms with Crippen LogP contribution in [0.5, 0.6) is 0 Å². The number of hydrogen-bond donors (Lipinski definition) is 1. The molecule has 2 unspecified atom stereocenters. The van der Waals surface area contributed by atoms with Gasteiger partial charge in [-0.25, -0.2) is 9.78 Å². The van der Waals surface area contributed by atoms with Crippen LogP contribution in [0.15, 0.2) is 24.4 Å². The van der Waals surface area contributed by atoms with E-state index in [-0.39, 0.29) is 4.88 Å². The van der Waals surface area contributed by atoms with E-state index in [0.717, 1.165) is 33.7 Å². The molecule has 5 rings (SSSR count). The normalized spacial score (nSPS) is 23.8. The van der Waals surface area contributed by atoms with Crippen molar-refractivity contribution in [3.05, 3.63) is 40.5 Å². The van der Waals surface area contributed by atoms with E-state index >= 15 is 0 Å². The number of hydrogen-bond acceptors (Lipinski definition) is 4. The topological polar surface area (TPSA) is 78.9 Å². The quantitative estimate of drug-likeness (QED) is 0.743. The van der Waals surface area contributed by atoms with Crippen molar-refractivity contribution in [1.82, 2.24) is 9.55 Å². The third kappa shape index (κ3) is 2.06. The van der Waals surface area contributed by atoms with E-state index in [4.69, 9.17) is 5.11 Å². The minimum absolute atomic E-state index is 0.208. The van der Waals surface area contributed by atoms with E-state index in [2.05, 4.69) is 28.6 Å². The van der Waals surface area contributed by atoms with Gasteiger partial charge in [0.05, 0.1) is 17.3 Å². The van der Waals surface area contributed by atoms with Crippen molar-refractivity contribution >= 4 is 28.2 Å². The van der Waals surface area contributed by atoms with Gasteiger partial charge in [-0.15, -0.1) is 11.3 Å².